The van der Waals surface area contributed by atoms with Crippen molar-refractivity contribution in [3.05, 3.63) is 24.2 Å². The van der Waals surface area contributed by atoms with Crippen molar-refractivity contribution in [1.29, 1.82) is 0 Å². The van der Waals surface area contributed by atoms with E-state index in [2.05, 4.69) is 16.3 Å². The largest absolute Gasteiger partial charge is 0.468 e. The third kappa shape index (κ3) is 4.08. The quantitative estimate of drug-likeness (QED) is 0.819. The van der Waals surface area contributed by atoms with Gasteiger partial charge in [0.1, 0.15) is 5.76 Å². The van der Waals surface area contributed by atoms with Gasteiger partial charge < -0.3 is 9.73 Å². The van der Waals surface area contributed by atoms with E-state index >= 15 is 0 Å². The first-order chi connectivity index (χ1) is 9.42. The predicted octanol–water partition coefficient (Wildman–Crippen LogP) is 3.02. The van der Waals surface area contributed by atoms with Crippen molar-refractivity contribution in [2.24, 2.45) is 5.92 Å². The molecule has 1 N–H and O–H groups in total. The van der Waals surface area contributed by atoms with E-state index in [9.17, 15) is 0 Å². The van der Waals surface area contributed by atoms with Crippen LogP contribution < -0.4 is 5.32 Å². The molecule has 1 aliphatic carbocycles. The Morgan fingerprint density at radius 3 is 2.95 bits per heavy atom. The Bertz CT molecular complexity index is 353. The van der Waals surface area contributed by atoms with Gasteiger partial charge in [0, 0.05) is 6.04 Å². The van der Waals surface area contributed by atoms with E-state index in [-0.39, 0.29) is 0 Å². The Hall–Kier alpha value is -0.800. The van der Waals surface area contributed by atoms with E-state index in [0.29, 0.717) is 0 Å². The molecule has 0 spiro atoms. The summed E-state index contributed by atoms with van der Waals surface area (Å²) in [7, 11) is 0. The first kappa shape index (κ1) is 13.2. The van der Waals surface area contributed by atoms with Crippen LogP contribution in [-0.4, -0.2) is 30.6 Å². The molecular weight excluding hydrogens is 236 g/mol. The van der Waals surface area contributed by atoms with Crippen LogP contribution in [0.25, 0.3) is 0 Å². The average molecular weight is 262 g/mol. The standard InChI is InChI=1S/C16H26N2O/c1-4-14(12-17-9-1)5-2-10-18(15-7-8-15)13-16-6-3-11-19-16/h3,6,11,14-15,17H,1-2,4-5,7-10,12-13H2. The number of rotatable bonds is 7. The fraction of sp³-hybridized carbons (Fsp3) is 0.750. The van der Waals surface area contributed by atoms with Crippen LogP contribution in [0.5, 0.6) is 0 Å². The summed E-state index contributed by atoms with van der Waals surface area (Å²) in [4.78, 5) is 2.62. The molecule has 106 valence electrons. The zero-order chi connectivity index (χ0) is 12.9. The highest BCUT2D eigenvalue weighted by Gasteiger charge is 2.29. The monoisotopic (exact) mass is 262 g/mol. The predicted molar refractivity (Wildman–Crippen MR) is 77.0 cm³/mol. The lowest BCUT2D eigenvalue weighted by atomic mass is 9.94. The molecule has 0 amide bonds. The molecule has 1 aliphatic heterocycles. The van der Waals surface area contributed by atoms with Crippen LogP contribution in [0.3, 0.4) is 0 Å². The zero-order valence-electron chi connectivity index (χ0n) is 11.8. The van der Waals surface area contributed by atoms with Gasteiger partial charge in [0.25, 0.3) is 0 Å². The lowest BCUT2D eigenvalue weighted by Gasteiger charge is -2.25. The van der Waals surface area contributed by atoms with Crippen molar-refractivity contribution in [1.82, 2.24) is 10.2 Å². The molecule has 1 aromatic rings. The number of furan rings is 1. The highest BCUT2D eigenvalue weighted by molar-refractivity contribution is 4.99. The average Bonchev–Trinajstić information content (AvgIpc) is 3.17. The SMILES string of the molecule is c1coc(CN(CCCC2CCCNC2)C2CC2)c1. The van der Waals surface area contributed by atoms with Gasteiger partial charge in [-0.05, 0) is 76.2 Å². The first-order valence-corrected chi connectivity index (χ1v) is 7.89. The van der Waals surface area contributed by atoms with Gasteiger partial charge in [-0.25, -0.2) is 0 Å². The van der Waals surface area contributed by atoms with Gasteiger partial charge in [-0.15, -0.1) is 0 Å². The van der Waals surface area contributed by atoms with Gasteiger partial charge >= 0.3 is 0 Å². The number of hydrogen-bond donors (Lipinski definition) is 1. The summed E-state index contributed by atoms with van der Waals surface area (Å²) < 4.78 is 5.49. The minimum absolute atomic E-state index is 0.828. The van der Waals surface area contributed by atoms with E-state index in [1.54, 1.807) is 6.26 Å². The number of piperidine rings is 1. The van der Waals surface area contributed by atoms with Crippen LogP contribution in [0.15, 0.2) is 22.8 Å². The van der Waals surface area contributed by atoms with Crippen LogP contribution in [0.1, 0.15) is 44.3 Å². The number of hydrogen-bond acceptors (Lipinski definition) is 3. The fourth-order valence-corrected chi connectivity index (χ4v) is 3.19. The van der Waals surface area contributed by atoms with Crippen LogP contribution in [0.4, 0.5) is 0 Å². The second-order valence-electron chi connectivity index (χ2n) is 6.14. The molecule has 1 unspecified atom stereocenters. The van der Waals surface area contributed by atoms with E-state index < -0.39 is 0 Å². The van der Waals surface area contributed by atoms with Crippen molar-refractivity contribution in [3.8, 4) is 0 Å². The molecule has 2 aliphatic rings. The third-order valence-electron chi connectivity index (χ3n) is 4.46. The van der Waals surface area contributed by atoms with Crippen LogP contribution in [0.2, 0.25) is 0 Å². The second kappa shape index (κ2) is 6.58. The molecule has 3 rings (SSSR count). The maximum absolute atomic E-state index is 5.49. The Morgan fingerprint density at radius 1 is 1.32 bits per heavy atom. The number of nitrogens with one attached hydrogen (secondary N) is 1. The lowest BCUT2D eigenvalue weighted by molar-refractivity contribution is 0.219. The van der Waals surface area contributed by atoms with E-state index in [4.69, 9.17) is 4.42 Å². The van der Waals surface area contributed by atoms with Gasteiger partial charge in [-0.3, -0.25) is 4.90 Å². The summed E-state index contributed by atoms with van der Waals surface area (Å²) in [5.41, 5.74) is 0. The van der Waals surface area contributed by atoms with Crippen molar-refractivity contribution in [3.63, 3.8) is 0 Å². The van der Waals surface area contributed by atoms with Gasteiger partial charge in [-0.1, -0.05) is 0 Å². The molecule has 0 aromatic carbocycles. The fourth-order valence-electron chi connectivity index (χ4n) is 3.19. The zero-order valence-corrected chi connectivity index (χ0v) is 11.8. The molecule has 0 radical (unpaired) electrons. The summed E-state index contributed by atoms with van der Waals surface area (Å²) in [5, 5.41) is 3.52. The summed E-state index contributed by atoms with van der Waals surface area (Å²) >= 11 is 0. The van der Waals surface area contributed by atoms with Crippen LogP contribution >= 0.6 is 0 Å². The Balaban J connectivity index is 1.40. The van der Waals surface area contributed by atoms with Gasteiger partial charge in [0.2, 0.25) is 0 Å². The van der Waals surface area contributed by atoms with Gasteiger partial charge in [0.05, 0.1) is 12.8 Å². The summed E-state index contributed by atoms with van der Waals surface area (Å²) in [6.07, 6.45) is 10.1. The Kier molecular flexibility index (Phi) is 4.57. The molecule has 1 aromatic heterocycles. The summed E-state index contributed by atoms with van der Waals surface area (Å²) in [5.74, 6) is 2.03. The molecule has 3 nitrogen and oxygen atoms in total. The molecule has 2 heterocycles. The highest BCUT2D eigenvalue weighted by atomic mass is 16.3. The molecular formula is C16H26N2O. The minimum atomic E-state index is 0.828. The lowest BCUT2D eigenvalue weighted by Crippen LogP contribution is -2.31. The number of nitrogens with zero attached hydrogens (tertiary/aromatic N) is 1. The normalized spacial score (nSPS) is 23.9. The molecule has 2 fully saturated rings. The molecule has 0 bridgehead atoms. The molecule has 3 heteroatoms. The molecule has 1 saturated carbocycles. The summed E-state index contributed by atoms with van der Waals surface area (Å²) in [6.45, 7) is 4.70. The maximum Gasteiger partial charge on any atom is 0.117 e. The van der Waals surface area contributed by atoms with E-state index in [1.807, 2.05) is 6.07 Å². The smallest absolute Gasteiger partial charge is 0.117 e. The van der Waals surface area contributed by atoms with Gasteiger partial charge in [-0.2, -0.15) is 0 Å². The van der Waals surface area contributed by atoms with E-state index in [1.165, 1.54) is 58.2 Å². The third-order valence-corrected chi connectivity index (χ3v) is 4.46. The van der Waals surface area contributed by atoms with Crippen molar-refractivity contribution < 1.29 is 4.42 Å². The molecule has 1 atom stereocenters. The van der Waals surface area contributed by atoms with Crippen molar-refractivity contribution >= 4 is 0 Å². The second-order valence-corrected chi connectivity index (χ2v) is 6.14. The maximum atomic E-state index is 5.49. The van der Waals surface area contributed by atoms with Crippen LogP contribution in [-0.2, 0) is 6.54 Å². The van der Waals surface area contributed by atoms with Crippen molar-refractivity contribution in [2.75, 3.05) is 19.6 Å². The van der Waals surface area contributed by atoms with E-state index in [0.717, 1.165) is 24.3 Å². The Morgan fingerprint density at radius 2 is 2.26 bits per heavy atom. The molecule has 1 saturated heterocycles. The minimum Gasteiger partial charge on any atom is -0.468 e. The molecule has 19 heavy (non-hydrogen) atoms. The topological polar surface area (TPSA) is 28.4 Å². The Labute approximate surface area is 116 Å². The van der Waals surface area contributed by atoms with Gasteiger partial charge in [0.15, 0.2) is 0 Å². The highest BCUT2D eigenvalue weighted by Crippen LogP contribution is 2.29. The summed E-state index contributed by atoms with van der Waals surface area (Å²) in [6, 6.07) is 4.92. The van der Waals surface area contributed by atoms with Crippen LogP contribution in [0, 0.1) is 5.92 Å². The first-order valence-electron chi connectivity index (χ1n) is 7.89. The van der Waals surface area contributed by atoms with Crippen molar-refractivity contribution in [2.45, 2.75) is 51.1 Å².